The molecule has 20 nitrogen and oxygen atoms in total. The fourth-order valence-electron chi connectivity index (χ4n) is 3.84. The maximum Gasteiger partial charge on any atom is 0.305 e. The first-order valence-electron chi connectivity index (χ1n) is 13.8. The number of nitrogens with two attached hydrogens (primary N) is 6. The molecule has 0 unspecified atom stereocenters. The first-order valence-corrected chi connectivity index (χ1v) is 13.8. The van der Waals surface area contributed by atoms with Crippen molar-refractivity contribution in [3.63, 3.8) is 0 Å². The molecule has 0 saturated heterocycles. The Balaban J connectivity index is 3.07. The molecule has 0 aromatic heterocycles. The highest BCUT2D eigenvalue weighted by Crippen LogP contribution is 2.17. The van der Waals surface area contributed by atoms with Crippen molar-refractivity contribution in [1.29, 1.82) is 0 Å². The number of primary amides is 2. The highest BCUT2D eigenvalue weighted by molar-refractivity contribution is 6.07. The number of rotatable bonds is 20. The summed E-state index contributed by atoms with van der Waals surface area (Å²) < 4.78 is 0. The molecular formula is C26H40N12O8. The molecule has 0 aliphatic carbocycles. The van der Waals surface area contributed by atoms with E-state index in [1.54, 1.807) is 0 Å². The number of hydrogen-bond donors (Lipinski definition) is 11. The zero-order valence-electron chi connectivity index (χ0n) is 24.9. The number of aliphatic carboxylic acids is 1. The summed E-state index contributed by atoms with van der Waals surface area (Å²) in [4.78, 5) is 93.3. The third kappa shape index (κ3) is 15.0. The summed E-state index contributed by atoms with van der Waals surface area (Å²) >= 11 is 0. The average Bonchev–Trinajstić information content (AvgIpc) is 2.95. The maximum absolute atomic E-state index is 13.3. The van der Waals surface area contributed by atoms with Crippen LogP contribution in [0.2, 0.25) is 0 Å². The molecule has 6 amide bonds. The van der Waals surface area contributed by atoms with Gasteiger partial charge in [0.25, 0.3) is 5.91 Å². The van der Waals surface area contributed by atoms with E-state index >= 15 is 0 Å². The number of carbonyl (C=O) groups excluding carboxylic acids is 6. The van der Waals surface area contributed by atoms with Gasteiger partial charge in [0.1, 0.15) is 24.5 Å². The van der Waals surface area contributed by atoms with Gasteiger partial charge in [-0.2, -0.15) is 0 Å². The Morgan fingerprint density at radius 1 is 0.696 bits per heavy atom. The number of anilines is 1. The Hall–Kier alpha value is -5.95. The number of amides is 6. The van der Waals surface area contributed by atoms with E-state index in [2.05, 4.69) is 31.3 Å². The lowest BCUT2D eigenvalue weighted by Crippen LogP contribution is -2.49. The Kier molecular flexibility index (Phi) is 16.0. The molecule has 0 aliphatic heterocycles. The summed E-state index contributed by atoms with van der Waals surface area (Å²) in [6, 6.07) is 1.91. The standard InChI is InChI=1S/C26H40N12O8/c27-21(43)15(7-3-9-33-25(29)30)38-23(45)13-5-1-2-6-14(13)37-24(46)16(8-4-10-34-26(31)32)35-18(39)12-19(40)36-17(22(28)44)11-20(41)42/h1-2,5-6,15-17H,3-4,7-12H2,(H2,27,43)(H2,28,44)(H,35,39)(H,36,40)(H,37,46)(H,38,45)(H,41,42)(H4,29,30,33)(H4,31,32,34)/t15-,16+,17+/m1/s1. The van der Waals surface area contributed by atoms with Crippen LogP contribution in [0.5, 0.6) is 0 Å². The molecule has 0 spiro atoms. The maximum atomic E-state index is 13.3. The summed E-state index contributed by atoms with van der Waals surface area (Å²) in [5, 5.41) is 18.4. The molecule has 46 heavy (non-hydrogen) atoms. The van der Waals surface area contributed by atoms with Crippen LogP contribution in [0.4, 0.5) is 5.69 Å². The Labute approximate surface area is 263 Å². The van der Waals surface area contributed by atoms with Gasteiger partial charge in [-0.25, -0.2) is 0 Å². The van der Waals surface area contributed by atoms with E-state index in [0.717, 1.165) is 0 Å². The van der Waals surface area contributed by atoms with Crippen LogP contribution >= 0.6 is 0 Å². The number of nitrogens with one attached hydrogen (secondary N) is 4. The van der Waals surface area contributed by atoms with Gasteiger partial charge >= 0.3 is 5.97 Å². The van der Waals surface area contributed by atoms with Gasteiger partial charge in [0.05, 0.1) is 17.7 Å². The molecule has 3 atom stereocenters. The second kappa shape index (κ2) is 19.4. The molecule has 0 fully saturated rings. The van der Waals surface area contributed by atoms with Crippen molar-refractivity contribution >= 4 is 59.0 Å². The summed E-state index contributed by atoms with van der Waals surface area (Å²) in [6.45, 7) is 0.287. The van der Waals surface area contributed by atoms with E-state index in [1.807, 2.05) is 0 Å². The first-order chi connectivity index (χ1) is 21.6. The highest BCUT2D eigenvalue weighted by atomic mass is 16.4. The van der Waals surface area contributed by atoms with Crippen molar-refractivity contribution in [2.45, 2.75) is 56.7 Å². The van der Waals surface area contributed by atoms with Crippen molar-refractivity contribution in [3.05, 3.63) is 29.8 Å². The van der Waals surface area contributed by atoms with Gasteiger partial charge in [0.15, 0.2) is 11.9 Å². The molecule has 1 rings (SSSR count). The van der Waals surface area contributed by atoms with Crippen LogP contribution in [0.25, 0.3) is 0 Å². The van der Waals surface area contributed by atoms with Gasteiger partial charge in [-0.05, 0) is 37.8 Å². The minimum absolute atomic E-state index is 0.0210. The minimum atomic E-state index is -1.56. The number of carbonyl (C=O) groups is 7. The molecule has 1 aromatic carbocycles. The van der Waals surface area contributed by atoms with Crippen molar-refractivity contribution in [1.82, 2.24) is 16.0 Å². The van der Waals surface area contributed by atoms with Crippen LogP contribution in [-0.2, 0) is 28.8 Å². The smallest absolute Gasteiger partial charge is 0.305 e. The molecule has 0 radical (unpaired) electrons. The topological polar surface area (TPSA) is 369 Å². The molecule has 0 heterocycles. The Morgan fingerprint density at radius 3 is 1.70 bits per heavy atom. The second-order valence-electron chi connectivity index (χ2n) is 9.78. The lowest BCUT2D eigenvalue weighted by atomic mass is 10.1. The van der Waals surface area contributed by atoms with E-state index in [9.17, 15) is 33.6 Å². The van der Waals surface area contributed by atoms with Crippen molar-refractivity contribution in [3.8, 4) is 0 Å². The summed E-state index contributed by atoms with van der Waals surface area (Å²) in [5.41, 5.74) is 31.7. The lowest BCUT2D eigenvalue weighted by molar-refractivity contribution is -0.140. The first kappa shape index (κ1) is 38.1. The van der Waals surface area contributed by atoms with Crippen LogP contribution in [0.3, 0.4) is 0 Å². The van der Waals surface area contributed by atoms with Gasteiger partial charge in [-0.15, -0.1) is 0 Å². The number of para-hydroxylation sites is 1. The zero-order valence-corrected chi connectivity index (χ0v) is 24.9. The summed E-state index contributed by atoms with van der Waals surface area (Å²) in [6.07, 6.45) is -1.05. The number of benzene rings is 1. The van der Waals surface area contributed by atoms with Crippen LogP contribution < -0.4 is 55.7 Å². The van der Waals surface area contributed by atoms with E-state index in [4.69, 9.17) is 39.5 Å². The minimum Gasteiger partial charge on any atom is -0.481 e. The third-order valence-corrected chi connectivity index (χ3v) is 6.00. The second-order valence-corrected chi connectivity index (χ2v) is 9.78. The van der Waals surface area contributed by atoms with Crippen molar-refractivity contribution in [2.24, 2.45) is 44.4 Å². The third-order valence-electron chi connectivity index (χ3n) is 6.00. The predicted molar refractivity (Wildman–Crippen MR) is 165 cm³/mol. The molecule has 252 valence electrons. The number of carboxylic acid groups (broad SMARTS) is 1. The molecule has 0 saturated carbocycles. The van der Waals surface area contributed by atoms with Gasteiger partial charge in [-0.1, -0.05) is 12.1 Å². The monoisotopic (exact) mass is 648 g/mol. The van der Waals surface area contributed by atoms with Crippen molar-refractivity contribution < 1.29 is 38.7 Å². The molecule has 1 aromatic rings. The van der Waals surface area contributed by atoms with E-state index in [1.165, 1.54) is 24.3 Å². The number of nitrogens with zero attached hydrogens (tertiary/aromatic N) is 2. The Bertz CT molecular complexity index is 1340. The summed E-state index contributed by atoms with van der Waals surface area (Å²) in [5.74, 6) is -7.17. The fraction of sp³-hybridized carbons (Fsp3) is 0.423. The van der Waals surface area contributed by atoms with Gasteiger partial charge in [0, 0.05) is 13.1 Å². The number of guanidine groups is 2. The zero-order chi connectivity index (χ0) is 34.8. The quantitative estimate of drug-likeness (QED) is 0.0276. The fourth-order valence-corrected chi connectivity index (χ4v) is 3.84. The SMILES string of the molecule is NC(=O)[C@H](CC(=O)O)NC(=O)CC(=O)N[C@@H](CCCN=C(N)N)C(=O)Nc1ccccc1C(=O)N[C@H](CCCN=C(N)N)C(N)=O. The Morgan fingerprint density at radius 2 is 1.20 bits per heavy atom. The molecule has 20 heteroatoms. The normalized spacial score (nSPS) is 12.3. The van der Waals surface area contributed by atoms with Crippen LogP contribution in [0.1, 0.15) is 48.9 Å². The van der Waals surface area contributed by atoms with E-state index in [0.29, 0.717) is 6.42 Å². The van der Waals surface area contributed by atoms with Crippen LogP contribution in [0.15, 0.2) is 34.3 Å². The number of carboxylic acids is 1. The number of aliphatic imine (C=N–C) groups is 2. The molecule has 0 bridgehead atoms. The number of hydrogen-bond acceptors (Lipinski definition) is 9. The molecule has 17 N–H and O–H groups in total. The van der Waals surface area contributed by atoms with Crippen LogP contribution in [0, 0.1) is 0 Å². The van der Waals surface area contributed by atoms with Crippen LogP contribution in [-0.4, -0.2) is 89.7 Å². The van der Waals surface area contributed by atoms with Crippen molar-refractivity contribution in [2.75, 3.05) is 18.4 Å². The predicted octanol–water partition coefficient (Wildman–Crippen LogP) is -4.36. The highest BCUT2D eigenvalue weighted by Gasteiger charge is 2.26. The summed E-state index contributed by atoms with van der Waals surface area (Å²) in [7, 11) is 0. The van der Waals surface area contributed by atoms with Gasteiger partial charge < -0.3 is 60.8 Å². The average molecular weight is 649 g/mol. The molecular weight excluding hydrogens is 608 g/mol. The van der Waals surface area contributed by atoms with Gasteiger partial charge in [-0.3, -0.25) is 43.5 Å². The lowest BCUT2D eigenvalue weighted by Gasteiger charge is -2.20. The molecule has 0 aliphatic rings. The van der Waals surface area contributed by atoms with Gasteiger partial charge in [0.2, 0.25) is 29.5 Å². The largest absolute Gasteiger partial charge is 0.481 e. The van der Waals surface area contributed by atoms with E-state index in [-0.39, 0.29) is 55.5 Å². The van der Waals surface area contributed by atoms with E-state index < -0.39 is 72.4 Å².